The van der Waals surface area contributed by atoms with Gasteiger partial charge in [0, 0.05) is 25.5 Å². The van der Waals surface area contributed by atoms with E-state index in [4.69, 9.17) is 18.9 Å². The first-order chi connectivity index (χ1) is 18.6. The summed E-state index contributed by atoms with van der Waals surface area (Å²) in [6.45, 7) is 4.98. The van der Waals surface area contributed by atoms with Gasteiger partial charge in [-0.3, -0.25) is 4.79 Å². The number of hydrogen-bond donors (Lipinski definition) is 0. The molecule has 38 heavy (non-hydrogen) atoms. The number of carbonyl (C=O) groups is 2. The Morgan fingerprint density at radius 1 is 0.658 bits per heavy atom. The fraction of sp³-hybridized carbons (Fsp3) is 0.774. The summed E-state index contributed by atoms with van der Waals surface area (Å²) in [5.74, 6) is -0.413. The molecule has 7 heteroatoms. The lowest BCUT2D eigenvalue weighted by Gasteiger charge is -2.17. The lowest BCUT2D eigenvalue weighted by atomic mass is 10.0. The highest BCUT2D eigenvalue weighted by atomic mass is 16.7. The number of esters is 1. The van der Waals surface area contributed by atoms with Gasteiger partial charge in [-0.2, -0.15) is 0 Å². The molecule has 0 radical (unpaired) electrons. The molecule has 0 saturated carbocycles. The monoisotopic (exact) mass is 536 g/mol. The van der Waals surface area contributed by atoms with Crippen LogP contribution in [0.15, 0.2) is 30.6 Å². The Bertz CT molecular complexity index is 684. The lowest BCUT2D eigenvalue weighted by molar-refractivity contribution is -0.698. The predicted octanol–water partition coefficient (Wildman–Crippen LogP) is 7.68. The minimum absolute atomic E-state index is 0.0637. The van der Waals surface area contributed by atoms with Gasteiger partial charge >= 0.3 is 12.1 Å². The van der Waals surface area contributed by atoms with E-state index in [1.165, 1.54) is 96.8 Å². The maximum atomic E-state index is 11.8. The second-order valence-corrected chi connectivity index (χ2v) is 10.1. The molecule has 1 rings (SSSR count). The first-order valence-corrected chi connectivity index (χ1v) is 15.1. The molecule has 1 aromatic heterocycles. The first kappa shape index (κ1) is 33.9. The van der Waals surface area contributed by atoms with E-state index in [2.05, 4.69) is 6.92 Å². The van der Waals surface area contributed by atoms with Crippen LogP contribution in [0.25, 0.3) is 0 Å². The Morgan fingerprint density at radius 2 is 1.16 bits per heavy atom. The zero-order valence-corrected chi connectivity index (χ0v) is 24.2. The van der Waals surface area contributed by atoms with Gasteiger partial charge < -0.3 is 18.9 Å². The van der Waals surface area contributed by atoms with Crippen LogP contribution >= 0.6 is 0 Å². The van der Waals surface area contributed by atoms with Crippen molar-refractivity contribution in [1.82, 2.24) is 0 Å². The molecule has 0 fully saturated rings. The Morgan fingerprint density at radius 3 is 1.68 bits per heavy atom. The summed E-state index contributed by atoms with van der Waals surface area (Å²) in [6, 6.07) is 5.74. The molecule has 0 saturated heterocycles. The molecule has 1 atom stereocenters. The molecule has 1 unspecified atom stereocenters. The predicted molar refractivity (Wildman–Crippen MR) is 150 cm³/mol. The minimum Gasteiger partial charge on any atom is -0.436 e. The molecule has 0 aliphatic rings. The van der Waals surface area contributed by atoms with Gasteiger partial charge in [-0.25, -0.2) is 9.36 Å². The molecule has 1 heterocycles. The number of hydrogen-bond acceptors (Lipinski definition) is 6. The molecule has 0 bridgehead atoms. The van der Waals surface area contributed by atoms with Gasteiger partial charge in [0.05, 0.1) is 6.61 Å². The smallest absolute Gasteiger partial charge is 0.436 e. The van der Waals surface area contributed by atoms with Crippen molar-refractivity contribution in [3.8, 4) is 0 Å². The molecule has 0 aliphatic heterocycles. The van der Waals surface area contributed by atoms with Crippen LogP contribution in [0.3, 0.4) is 0 Å². The van der Waals surface area contributed by atoms with E-state index in [-0.39, 0.29) is 19.6 Å². The molecule has 1 aromatic rings. The average molecular weight is 537 g/mol. The second kappa shape index (κ2) is 25.1. The van der Waals surface area contributed by atoms with Gasteiger partial charge in [0.1, 0.15) is 6.61 Å². The van der Waals surface area contributed by atoms with Gasteiger partial charge in [-0.05, 0) is 6.42 Å². The quantitative estimate of drug-likeness (QED) is 0.0552. The Kier molecular flexibility index (Phi) is 22.4. The zero-order valence-electron chi connectivity index (χ0n) is 24.2. The van der Waals surface area contributed by atoms with Crippen LogP contribution in [-0.2, 0) is 30.3 Å². The normalized spacial score (nSPS) is 11.7. The highest BCUT2D eigenvalue weighted by Gasteiger charge is 2.14. The van der Waals surface area contributed by atoms with E-state index in [9.17, 15) is 9.59 Å². The summed E-state index contributed by atoms with van der Waals surface area (Å²) < 4.78 is 23.0. The van der Waals surface area contributed by atoms with Crippen molar-refractivity contribution < 1.29 is 33.1 Å². The number of unbranched alkanes of at least 4 members (excludes halogenated alkanes) is 15. The molecule has 0 N–H and O–H groups in total. The summed E-state index contributed by atoms with van der Waals surface area (Å²) in [7, 11) is 0. The van der Waals surface area contributed by atoms with E-state index < -0.39 is 18.4 Å². The number of aromatic nitrogens is 1. The zero-order chi connectivity index (χ0) is 27.5. The fourth-order valence-electron chi connectivity index (χ4n) is 4.32. The van der Waals surface area contributed by atoms with Crippen molar-refractivity contribution in [3.05, 3.63) is 30.6 Å². The van der Waals surface area contributed by atoms with E-state index in [0.29, 0.717) is 13.2 Å². The third-order valence-electron chi connectivity index (χ3n) is 6.52. The van der Waals surface area contributed by atoms with Gasteiger partial charge in [0.15, 0.2) is 25.5 Å². The topological polar surface area (TPSA) is 74.9 Å². The van der Waals surface area contributed by atoms with Crippen molar-refractivity contribution in [1.29, 1.82) is 0 Å². The average Bonchev–Trinajstić information content (AvgIpc) is 2.90. The Hall–Kier alpha value is -2.15. The van der Waals surface area contributed by atoms with Crippen LogP contribution in [0.2, 0.25) is 0 Å². The van der Waals surface area contributed by atoms with Crippen LogP contribution in [0.5, 0.6) is 0 Å². The summed E-state index contributed by atoms with van der Waals surface area (Å²) in [5, 5.41) is 0. The maximum absolute atomic E-state index is 11.8. The molecule has 7 nitrogen and oxygen atoms in total. The molecule has 0 spiro atoms. The number of carbonyl (C=O) groups excluding carboxylic acids is 2. The van der Waals surface area contributed by atoms with Crippen LogP contribution in [-0.4, -0.2) is 38.2 Å². The summed E-state index contributed by atoms with van der Waals surface area (Å²) in [6.07, 6.45) is 23.7. The van der Waals surface area contributed by atoms with Gasteiger partial charge in [-0.15, -0.1) is 0 Å². The van der Waals surface area contributed by atoms with Gasteiger partial charge in [0.25, 0.3) is 0 Å². The third kappa shape index (κ3) is 21.9. The van der Waals surface area contributed by atoms with Gasteiger partial charge in [-0.1, -0.05) is 109 Å². The van der Waals surface area contributed by atoms with Crippen LogP contribution in [0.4, 0.5) is 4.79 Å². The highest BCUT2D eigenvalue weighted by molar-refractivity contribution is 5.66. The fourth-order valence-corrected chi connectivity index (χ4v) is 4.32. The molecule has 0 amide bonds. The Balaban J connectivity index is 1.95. The van der Waals surface area contributed by atoms with Crippen molar-refractivity contribution in [2.75, 3.05) is 19.8 Å². The first-order valence-electron chi connectivity index (χ1n) is 15.1. The lowest BCUT2D eigenvalue weighted by Crippen LogP contribution is -2.35. The number of nitrogens with zero attached hydrogens (tertiary/aromatic N) is 1. The van der Waals surface area contributed by atoms with Crippen molar-refractivity contribution in [2.24, 2.45) is 0 Å². The largest absolute Gasteiger partial charge is 0.508 e. The SMILES string of the molecule is CCCCCCCCCCCCCCCCCCOC(CCOC(=O)OCC[n+]1ccccc1)OC(C)=O. The number of pyridine rings is 1. The van der Waals surface area contributed by atoms with E-state index in [0.717, 1.165) is 12.8 Å². The number of ether oxygens (including phenoxy) is 4. The molecule has 0 aromatic carbocycles. The summed E-state index contributed by atoms with van der Waals surface area (Å²) in [4.78, 5) is 23.1. The van der Waals surface area contributed by atoms with E-state index >= 15 is 0 Å². The second-order valence-electron chi connectivity index (χ2n) is 10.1. The van der Waals surface area contributed by atoms with Crippen molar-refractivity contribution in [3.63, 3.8) is 0 Å². The van der Waals surface area contributed by atoms with Crippen LogP contribution in [0, 0.1) is 0 Å². The van der Waals surface area contributed by atoms with Gasteiger partial charge in [0.2, 0.25) is 6.29 Å². The molecule has 218 valence electrons. The van der Waals surface area contributed by atoms with Crippen LogP contribution < -0.4 is 4.57 Å². The number of rotatable bonds is 25. The Labute approximate surface area is 231 Å². The summed E-state index contributed by atoms with van der Waals surface area (Å²) in [5.41, 5.74) is 0. The highest BCUT2D eigenvalue weighted by Crippen LogP contribution is 2.14. The minimum atomic E-state index is -0.735. The van der Waals surface area contributed by atoms with Crippen molar-refractivity contribution >= 4 is 12.1 Å². The molecular formula is C31H54NO6+. The maximum Gasteiger partial charge on any atom is 0.508 e. The molecule has 0 aliphatic carbocycles. The van der Waals surface area contributed by atoms with Crippen LogP contribution in [0.1, 0.15) is 123 Å². The van der Waals surface area contributed by atoms with E-state index in [1.807, 2.05) is 35.2 Å². The summed E-state index contributed by atoms with van der Waals surface area (Å²) >= 11 is 0. The van der Waals surface area contributed by atoms with Crippen molar-refractivity contribution in [2.45, 2.75) is 136 Å². The standard InChI is InChI=1S/C31H54NO6/c1-3-4-5-6-7-8-9-10-11-12-13-14-15-16-17-21-26-35-30(38-29(2)33)22-27-36-31(34)37-28-25-32-23-19-18-20-24-32/h18-20,23-24,30H,3-17,21-22,25-28H2,1-2H3/q+1. The third-order valence-corrected chi connectivity index (χ3v) is 6.52. The molecular weight excluding hydrogens is 482 g/mol. The van der Waals surface area contributed by atoms with E-state index in [1.54, 1.807) is 0 Å².